The minimum absolute atomic E-state index is 0.0254. The summed E-state index contributed by atoms with van der Waals surface area (Å²) in [5.41, 5.74) is 0.163. The highest BCUT2D eigenvalue weighted by molar-refractivity contribution is 9.10. The lowest BCUT2D eigenvalue weighted by Gasteiger charge is -1.99. The van der Waals surface area contributed by atoms with Gasteiger partial charge in [-0.15, -0.1) is 0 Å². The molecule has 0 aliphatic rings. The SMILES string of the molecule is O=C(c1cc2cc(Br)ccc2o1)c1cc(F)ccc1F. The Hall–Kier alpha value is -2.01. The number of halogens is 3. The van der Waals surface area contributed by atoms with Crippen LogP contribution in [0.1, 0.15) is 16.1 Å². The largest absolute Gasteiger partial charge is 0.453 e. The molecule has 0 bridgehead atoms. The van der Waals surface area contributed by atoms with Crippen molar-refractivity contribution in [2.75, 3.05) is 0 Å². The van der Waals surface area contributed by atoms with Gasteiger partial charge in [-0.25, -0.2) is 8.78 Å². The number of fused-ring (bicyclic) bond motifs is 1. The van der Waals surface area contributed by atoms with Gasteiger partial charge in [-0.05, 0) is 42.5 Å². The lowest BCUT2D eigenvalue weighted by molar-refractivity contribution is 0.101. The molecule has 0 spiro atoms. The van der Waals surface area contributed by atoms with Gasteiger partial charge in [0.25, 0.3) is 0 Å². The highest BCUT2D eigenvalue weighted by Gasteiger charge is 2.19. The Kier molecular flexibility index (Phi) is 3.14. The van der Waals surface area contributed by atoms with Gasteiger partial charge in [0.2, 0.25) is 5.78 Å². The lowest BCUT2D eigenvalue weighted by Crippen LogP contribution is -2.03. The summed E-state index contributed by atoms with van der Waals surface area (Å²) in [4.78, 5) is 12.2. The Balaban J connectivity index is 2.10. The predicted octanol–water partition coefficient (Wildman–Crippen LogP) is 4.70. The molecule has 0 saturated carbocycles. The number of benzene rings is 2. The molecule has 0 atom stereocenters. The van der Waals surface area contributed by atoms with Crippen LogP contribution in [0, 0.1) is 11.6 Å². The molecule has 1 aromatic heterocycles. The molecule has 1 heterocycles. The van der Waals surface area contributed by atoms with Crippen LogP contribution in [0.2, 0.25) is 0 Å². The second-order valence-electron chi connectivity index (χ2n) is 4.25. The van der Waals surface area contributed by atoms with Crippen LogP contribution < -0.4 is 0 Å². The van der Waals surface area contributed by atoms with Gasteiger partial charge >= 0.3 is 0 Å². The second kappa shape index (κ2) is 4.83. The molecule has 3 aromatic rings. The summed E-state index contributed by atoms with van der Waals surface area (Å²) < 4.78 is 32.9. The van der Waals surface area contributed by atoms with Crippen molar-refractivity contribution in [1.82, 2.24) is 0 Å². The Morgan fingerprint density at radius 2 is 1.85 bits per heavy atom. The molecule has 20 heavy (non-hydrogen) atoms. The number of carbonyl (C=O) groups is 1. The first kappa shape index (κ1) is 13.0. The van der Waals surface area contributed by atoms with Gasteiger partial charge in [0.15, 0.2) is 5.76 Å². The number of carbonyl (C=O) groups excluding carboxylic acids is 1. The first-order valence-electron chi connectivity index (χ1n) is 5.73. The molecule has 0 aliphatic heterocycles. The Labute approximate surface area is 121 Å². The van der Waals surface area contributed by atoms with Gasteiger partial charge in [-0.3, -0.25) is 4.79 Å². The normalized spacial score (nSPS) is 10.9. The molecule has 0 radical (unpaired) electrons. The van der Waals surface area contributed by atoms with E-state index in [0.29, 0.717) is 11.0 Å². The van der Waals surface area contributed by atoms with E-state index >= 15 is 0 Å². The van der Waals surface area contributed by atoms with Crippen molar-refractivity contribution in [2.45, 2.75) is 0 Å². The maximum Gasteiger partial charge on any atom is 0.231 e. The highest BCUT2D eigenvalue weighted by Crippen LogP contribution is 2.25. The maximum absolute atomic E-state index is 13.6. The fourth-order valence-corrected chi connectivity index (χ4v) is 2.31. The topological polar surface area (TPSA) is 30.2 Å². The molecule has 0 aliphatic carbocycles. The number of rotatable bonds is 2. The molecular formula is C15H7BrF2O2. The van der Waals surface area contributed by atoms with Crippen molar-refractivity contribution in [3.63, 3.8) is 0 Å². The third-order valence-electron chi connectivity index (χ3n) is 2.88. The number of furan rings is 1. The van der Waals surface area contributed by atoms with Gasteiger partial charge in [0.05, 0.1) is 5.56 Å². The molecule has 3 rings (SSSR count). The van der Waals surface area contributed by atoms with Crippen molar-refractivity contribution in [1.29, 1.82) is 0 Å². The van der Waals surface area contributed by atoms with Crippen molar-refractivity contribution in [3.05, 3.63) is 69.9 Å². The molecule has 2 aromatic carbocycles. The third-order valence-corrected chi connectivity index (χ3v) is 3.37. The third kappa shape index (κ3) is 2.25. The van der Waals surface area contributed by atoms with E-state index in [0.717, 1.165) is 22.7 Å². The monoisotopic (exact) mass is 336 g/mol. The van der Waals surface area contributed by atoms with E-state index in [1.807, 2.05) is 0 Å². The van der Waals surface area contributed by atoms with Crippen LogP contribution in [-0.2, 0) is 0 Å². The molecule has 0 amide bonds. The van der Waals surface area contributed by atoms with Crippen LogP contribution in [0.3, 0.4) is 0 Å². The lowest BCUT2D eigenvalue weighted by atomic mass is 10.1. The molecule has 0 saturated heterocycles. The zero-order chi connectivity index (χ0) is 14.3. The summed E-state index contributed by atoms with van der Waals surface area (Å²) in [5.74, 6) is -2.16. The Morgan fingerprint density at radius 1 is 1.05 bits per heavy atom. The van der Waals surface area contributed by atoms with E-state index in [4.69, 9.17) is 4.42 Å². The van der Waals surface area contributed by atoms with E-state index in [1.54, 1.807) is 18.2 Å². The van der Waals surface area contributed by atoms with Crippen LogP contribution in [0.5, 0.6) is 0 Å². The first-order valence-corrected chi connectivity index (χ1v) is 6.53. The van der Waals surface area contributed by atoms with E-state index in [2.05, 4.69) is 15.9 Å². The maximum atomic E-state index is 13.6. The standard InChI is InChI=1S/C15H7BrF2O2/c16-9-1-4-13-8(5-9)6-14(20-13)15(19)11-7-10(17)2-3-12(11)18/h1-7H. The van der Waals surface area contributed by atoms with E-state index in [9.17, 15) is 13.6 Å². The average molecular weight is 337 g/mol. The van der Waals surface area contributed by atoms with Crippen molar-refractivity contribution < 1.29 is 18.0 Å². The molecule has 2 nitrogen and oxygen atoms in total. The summed E-state index contributed by atoms with van der Waals surface area (Å²) >= 11 is 3.31. The summed E-state index contributed by atoms with van der Waals surface area (Å²) in [6.07, 6.45) is 0. The predicted molar refractivity (Wildman–Crippen MR) is 73.7 cm³/mol. The smallest absolute Gasteiger partial charge is 0.231 e. The highest BCUT2D eigenvalue weighted by atomic mass is 79.9. The minimum Gasteiger partial charge on any atom is -0.453 e. The van der Waals surface area contributed by atoms with Crippen LogP contribution in [0.15, 0.2) is 51.4 Å². The van der Waals surface area contributed by atoms with Gasteiger partial charge in [0.1, 0.15) is 17.2 Å². The fraction of sp³-hybridized carbons (Fsp3) is 0. The molecule has 0 N–H and O–H groups in total. The zero-order valence-electron chi connectivity index (χ0n) is 9.99. The quantitative estimate of drug-likeness (QED) is 0.634. The molecule has 0 fully saturated rings. The fourth-order valence-electron chi connectivity index (χ4n) is 1.93. The first-order chi connectivity index (χ1) is 9.54. The molecule has 5 heteroatoms. The van der Waals surface area contributed by atoms with Gasteiger partial charge in [-0.1, -0.05) is 15.9 Å². The summed E-state index contributed by atoms with van der Waals surface area (Å²) in [5, 5.41) is 0.708. The van der Waals surface area contributed by atoms with Crippen LogP contribution in [0.25, 0.3) is 11.0 Å². The summed E-state index contributed by atoms with van der Waals surface area (Å²) in [7, 11) is 0. The van der Waals surface area contributed by atoms with Crippen LogP contribution in [-0.4, -0.2) is 5.78 Å². The van der Waals surface area contributed by atoms with Crippen molar-refractivity contribution in [3.8, 4) is 0 Å². The zero-order valence-corrected chi connectivity index (χ0v) is 11.6. The average Bonchev–Trinajstić information content (AvgIpc) is 2.83. The molecule has 0 unspecified atom stereocenters. The molecular weight excluding hydrogens is 330 g/mol. The Morgan fingerprint density at radius 3 is 2.65 bits per heavy atom. The van der Waals surface area contributed by atoms with E-state index in [-0.39, 0.29) is 11.3 Å². The van der Waals surface area contributed by atoms with Crippen molar-refractivity contribution in [2.24, 2.45) is 0 Å². The minimum atomic E-state index is -0.780. The number of hydrogen-bond donors (Lipinski definition) is 0. The summed E-state index contributed by atoms with van der Waals surface area (Å²) in [6.45, 7) is 0. The van der Waals surface area contributed by atoms with E-state index in [1.165, 1.54) is 6.07 Å². The van der Waals surface area contributed by atoms with E-state index < -0.39 is 17.4 Å². The molecule has 100 valence electrons. The summed E-state index contributed by atoms with van der Waals surface area (Å²) in [6, 6.07) is 9.48. The van der Waals surface area contributed by atoms with Gasteiger partial charge < -0.3 is 4.42 Å². The van der Waals surface area contributed by atoms with Crippen LogP contribution >= 0.6 is 15.9 Å². The van der Waals surface area contributed by atoms with Crippen LogP contribution in [0.4, 0.5) is 8.78 Å². The second-order valence-corrected chi connectivity index (χ2v) is 5.16. The van der Waals surface area contributed by atoms with Gasteiger partial charge in [-0.2, -0.15) is 0 Å². The number of ketones is 1. The van der Waals surface area contributed by atoms with Gasteiger partial charge in [0, 0.05) is 9.86 Å². The number of hydrogen-bond acceptors (Lipinski definition) is 2. The Bertz CT molecular complexity index is 824. The van der Waals surface area contributed by atoms with Crippen molar-refractivity contribution >= 4 is 32.7 Å².